The maximum Gasteiger partial charge on any atom is 1.00 e. The first-order valence-electron chi connectivity index (χ1n) is 34.4. The van der Waals surface area contributed by atoms with Crippen molar-refractivity contribution < 1.29 is 46.7 Å². The Morgan fingerprint density at radius 3 is 1.11 bits per heavy atom. The zero-order valence-electron chi connectivity index (χ0n) is 58.1. The van der Waals surface area contributed by atoms with E-state index in [0.717, 1.165) is 128 Å². The molecule has 0 N–H and O–H groups in total. The van der Waals surface area contributed by atoms with Crippen LogP contribution in [0.25, 0.3) is 0 Å². The van der Waals surface area contributed by atoms with Gasteiger partial charge in [-0.15, -0.1) is 47.9 Å². The van der Waals surface area contributed by atoms with E-state index in [1.165, 1.54) is 97.8 Å². The van der Waals surface area contributed by atoms with Crippen molar-refractivity contribution in [2.24, 2.45) is 0 Å². The average molecular weight is 1320 g/mol. The molecule has 6 rings (SSSR count). The Hall–Kier alpha value is -3.61. The summed E-state index contributed by atoms with van der Waals surface area (Å²) in [5.74, 6) is 22.6. The molecule has 2 fully saturated rings. The van der Waals surface area contributed by atoms with Crippen LogP contribution < -0.4 is 39.6 Å². The van der Waals surface area contributed by atoms with Crippen molar-refractivity contribution >= 4 is 53.3 Å². The number of rotatable bonds is 31. The van der Waals surface area contributed by atoms with E-state index in [4.69, 9.17) is 34.2 Å². The molecular weight excluding hydrogens is 1200 g/mol. The normalized spacial score (nSPS) is 15.4. The summed E-state index contributed by atoms with van der Waals surface area (Å²) in [7, 11) is -4.91. The maximum absolute atomic E-state index is 7.19. The van der Waals surface area contributed by atoms with E-state index in [9.17, 15) is 0 Å². The standard InChI is InChI=1S/C39H56O3Si.C22H28OSi.C15H25BrO2.C4H9.Li/c1-35(42-43(39(2,3)4,36-28-20-17-21-29-36)37-30-22-18-23-31-37)27-19-15-13-11-9-7-5-6-8-10-12-14-16-25-33-40-38-32-24-26-34-41-38;1-6-7-14-19(2)23-24(22(3,4)5,20-15-10-8-11-16-20)21-17-12-9-13-18-21;16-12-8-5-3-1-2-4-6-9-13-17-15-11-7-10-14-18-15;1-3-4-2;/h17-18,20-23,28-31,35,38H,5-10,15-16,19,24-27,32-34H2,1-4H3;1,8-13,15-19H,7,14H2,2-5H3;15H,1,3,5-14H2;1,3-4H2,2H3;/q;;;-1;+1/t35-,38?;19-;;;/m00.../s1. The van der Waals surface area contributed by atoms with Crippen LogP contribution >= 0.6 is 15.9 Å². The molecule has 0 aliphatic carbocycles. The Morgan fingerprint density at radius 2 is 0.811 bits per heavy atom. The second-order valence-electron chi connectivity index (χ2n) is 25.7. The average Bonchev–Trinajstić information content (AvgIpc) is 0.822. The molecule has 4 aromatic rings. The summed E-state index contributed by atoms with van der Waals surface area (Å²) in [6.07, 6.45) is 35.3. The number of terminal acetylenes is 1. The van der Waals surface area contributed by atoms with Crippen LogP contribution in [0.2, 0.25) is 10.1 Å². The van der Waals surface area contributed by atoms with E-state index >= 15 is 0 Å². The van der Waals surface area contributed by atoms with Gasteiger partial charge in [0.1, 0.15) is 0 Å². The fourth-order valence-corrected chi connectivity index (χ4v) is 21.0. The predicted molar refractivity (Wildman–Crippen MR) is 389 cm³/mol. The molecule has 0 saturated carbocycles. The number of benzene rings is 4. The minimum atomic E-state index is -2.48. The molecule has 0 spiro atoms. The van der Waals surface area contributed by atoms with Gasteiger partial charge in [-0.1, -0.05) is 211 Å². The molecular formula is C80H118BrLiO6Si2. The van der Waals surface area contributed by atoms with Gasteiger partial charge < -0.3 is 34.7 Å². The van der Waals surface area contributed by atoms with Gasteiger partial charge in [0.05, 0.1) is 13.2 Å². The molecule has 0 radical (unpaired) electrons. The molecule has 2 heterocycles. The van der Waals surface area contributed by atoms with Gasteiger partial charge in [-0.3, -0.25) is 0 Å². The van der Waals surface area contributed by atoms with Gasteiger partial charge in [0.25, 0.3) is 16.6 Å². The summed E-state index contributed by atoms with van der Waals surface area (Å²) in [5, 5.41) is 6.46. The quantitative estimate of drug-likeness (QED) is 0.0165. The molecule has 0 aromatic heterocycles. The Kier molecular flexibility index (Phi) is 46.6. The van der Waals surface area contributed by atoms with Crippen molar-refractivity contribution in [1.82, 2.24) is 0 Å². The summed E-state index contributed by atoms with van der Waals surface area (Å²) in [6.45, 7) is 27.3. The largest absolute Gasteiger partial charge is 1.00 e. The molecule has 10 heteroatoms. The molecule has 4 atom stereocenters. The van der Waals surface area contributed by atoms with E-state index in [1.54, 1.807) is 0 Å². The van der Waals surface area contributed by atoms with Crippen LogP contribution in [0.15, 0.2) is 121 Å². The summed E-state index contributed by atoms with van der Waals surface area (Å²) >= 11 is 3.43. The molecule has 6 nitrogen and oxygen atoms in total. The molecule has 4 aromatic carbocycles. The molecule has 0 amide bonds. The van der Waals surface area contributed by atoms with E-state index in [2.05, 4.69) is 248 Å². The van der Waals surface area contributed by atoms with Gasteiger partial charge >= 0.3 is 18.9 Å². The molecule has 0 bridgehead atoms. The first-order chi connectivity index (χ1) is 43.2. The maximum atomic E-state index is 7.19. The molecule has 2 aliphatic heterocycles. The minimum Gasteiger partial charge on any atom is -0.405 e. The third kappa shape index (κ3) is 33.0. The van der Waals surface area contributed by atoms with Crippen LogP contribution in [0.5, 0.6) is 0 Å². The van der Waals surface area contributed by atoms with Gasteiger partial charge in [0.2, 0.25) is 0 Å². The Labute approximate surface area is 574 Å². The summed E-state index contributed by atoms with van der Waals surface area (Å²) in [6, 6.07) is 43.3. The zero-order valence-corrected chi connectivity index (χ0v) is 61.7. The Morgan fingerprint density at radius 1 is 0.489 bits per heavy atom. The number of ether oxygens (including phenoxy) is 4. The Balaban J connectivity index is 0.000000492. The zero-order chi connectivity index (χ0) is 64.6. The number of halogens is 1. The number of hydrogen-bond donors (Lipinski definition) is 0. The molecule has 2 saturated heterocycles. The number of unbranched alkanes of at least 4 members (excludes halogenated alkanes) is 12. The van der Waals surface area contributed by atoms with Gasteiger partial charge in [-0.25, -0.2) is 0 Å². The van der Waals surface area contributed by atoms with Gasteiger partial charge in [-0.2, -0.15) is 6.42 Å². The third-order valence-corrected chi connectivity index (χ3v) is 26.9. The second kappa shape index (κ2) is 50.8. The van der Waals surface area contributed by atoms with Gasteiger partial charge in [-0.05, 0) is 141 Å². The van der Waals surface area contributed by atoms with Crippen LogP contribution in [0.3, 0.4) is 0 Å². The predicted octanol–water partition coefficient (Wildman–Crippen LogP) is 16.1. The molecule has 90 heavy (non-hydrogen) atoms. The van der Waals surface area contributed by atoms with E-state index in [-0.39, 0.29) is 53.7 Å². The number of hydrogen-bond acceptors (Lipinski definition) is 6. The monoisotopic (exact) mass is 1320 g/mol. The van der Waals surface area contributed by atoms with E-state index in [1.807, 2.05) is 0 Å². The van der Waals surface area contributed by atoms with Crippen LogP contribution in [-0.2, 0) is 27.8 Å². The smallest absolute Gasteiger partial charge is 0.405 e. The summed E-state index contributed by atoms with van der Waals surface area (Å²) in [5.41, 5.74) is 0. The van der Waals surface area contributed by atoms with Crippen molar-refractivity contribution in [1.29, 1.82) is 0 Å². The third-order valence-electron chi connectivity index (χ3n) is 16.0. The van der Waals surface area contributed by atoms with Crippen LogP contribution in [-0.4, -0.2) is 73.2 Å². The van der Waals surface area contributed by atoms with Crippen LogP contribution in [0, 0.1) is 54.8 Å². The summed E-state index contributed by atoms with van der Waals surface area (Å²) in [4.78, 5) is 0. The fraction of sp³-hybridized carbons (Fsp3) is 0.588. The van der Waals surface area contributed by atoms with Crippen molar-refractivity contribution in [3.8, 4) is 47.9 Å². The molecule has 2 aliphatic rings. The number of alkyl halides is 1. The minimum absolute atomic E-state index is 0. The Bertz CT molecular complexity index is 2510. The second-order valence-corrected chi connectivity index (χ2v) is 35.0. The van der Waals surface area contributed by atoms with E-state index in [0.29, 0.717) is 0 Å². The SMILES string of the molecule is BrCCCCCC#CCCCOC1CCCCO1.C#CCC[C@H](C)O[Si](c1ccccc1)(c1ccccc1)C(C)(C)C.C[C@@H](CCCC#CCCCCCCC#CCCCOC1CCCCO1)O[Si](c1ccccc1)(c1ccccc1)C(C)(C)C.[CH2-]CCC.[Li+]. The molecule has 490 valence electrons. The van der Waals surface area contributed by atoms with Crippen LogP contribution in [0.1, 0.15) is 236 Å². The first-order valence-corrected chi connectivity index (χ1v) is 39.3. The fourth-order valence-electron chi connectivity index (χ4n) is 11.1. The van der Waals surface area contributed by atoms with Crippen molar-refractivity contribution in [3.63, 3.8) is 0 Å². The van der Waals surface area contributed by atoms with Crippen molar-refractivity contribution in [3.05, 3.63) is 128 Å². The molecule has 2 unspecified atom stereocenters. The topological polar surface area (TPSA) is 55.4 Å². The van der Waals surface area contributed by atoms with Gasteiger partial charge in [0, 0.05) is 75.7 Å². The van der Waals surface area contributed by atoms with E-state index < -0.39 is 16.6 Å². The van der Waals surface area contributed by atoms with Crippen LogP contribution in [0.4, 0.5) is 0 Å². The van der Waals surface area contributed by atoms with Gasteiger partial charge in [0.15, 0.2) is 12.6 Å². The van der Waals surface area contributed by atoms with Crippen molar-refractivity contribution in [2.45, 2.75) is 271 Å². The summed E-state index contributed by atoms with van der Waals surface area (Å²) < 4.78 is 36.6. The first kappa shape index (κ1) is 82.5. The van der Waals surface area contributed by atoms with Crippen molar-refractivity contribution in [2.75, 3.05) is 31.8 Å².